The summed E-state index contributed by atoms with van der Waals surface area (Å²) in [6.45, 7) is 5.08. The zero-order valence-electron chi connectivity index (χ0n) is 9.12. The fourth-order valence-electron chi connectivity index (χ4n) is 1.73. The molecule has 2 nitrogen and oxygen atoms in total. The summed E-state index contributed by atoms with van der Waals surface area (Å²) in [4.78, 5) is 0. The average Bonchev–Trinajstić information content (AvgIpc) is 2.18. The Morgan fingerprint density at radius 1 is 1.50 bits per heavy atom. The molecule has 1 N–H and O–H groups in total. The van der Waals surface area contributed by atoms with E-state index in [0.717, 1.165) is 31.4 Å². The first-order valence-electron chi connectivity index (χ1n) is 5.36. The molecule has 1 rings (SSSR count). The lowest BCUT2D eigenvalue weighted by Gasteiger charge is -2.19. The van der Waals surface area contributed by atoms with E-state index in [0.29, 0.717) is 0 Å². The van der Waals surface area contributed by atoms with E-state index in [1.165, 1.54) is 5.57 Å². The molecule has 0 bridgehead atoms. The summed E-state index contributed by atoms with van der Waals surface area (Å²) >= 11 is 0. The van der Waals surface area contributed by atoms with Gasteiger partial charge in [0.05, 0.1) is 12.7 Å². The number of rotatable bonds is 3. The minimum atomic E-state index is 0.184. The number of aliphatic hydroxyl groups is 1. The van der Waals surface area contributed by atoms with Gasteiger partial charge in [0, 0.05) is 6.61 Å². The van der Waals surface area contributed by atoms with Crippen LogP contribution in [0.1, 0.15) is 33.1 Å². The zero-order valence-corrected chi connectivity index (χ0v) is 9.12. The Bertz CT molecular complexity index is 228. The molecule has 0 aromatic heterocycles. The van der Waals surface area contributed by atoms with Gasteiger partial charge in [0.1, 0.15) is 0 Å². The van der Waals surface area contributed by atoms with E-state index >= 15 is 0 Å². The second-order valence-electron chi connectivity index (χ2n) is 3.73. The van der Waals surface area contributed by atoms with Crippen molar-refractivity contribution < 1.29 is 9.84 Å². The minimum absolute atomic E-state index is 0.184. The quantitative estimate of drug-likeness (QED) is 0.751. The van der Waals surface area contributed by atoms with E-state index < -0.39 is 0 Å². The van der Waals surface area contributed by atoms with Crippen LogP contribution in [0.4, 0.5) is 0 Å². The van der Waals surface area contributed by atoms with Crippen molar-refractivity contribution in [2.45, 2.75) is 39.2 Å². The van der Waals surface area contributed by atoms with Crippen molar-refractivity contribution >= 4 is 0 Å². The molecule has 0 aliphatic heterocycles. The highest BCUT2D eigenvalue weighted by Crippen LogP contribution is 2.19. The van der Waals surface area contributed by atoms with Crippen molar-refractivity contribution in [3.8, 4) is 0 Å². The lowest BCUT2D eigenvalue weighted by molar-refractivity contribution is 0.0803. The van der Waals surface area contributed by atoms with Gasteiger partial charge in [-0.05, 0) is 44.3 Å². The molecule has 0 spiro atoms. The first kappa shape index (κ1) is 11.5. The topological polar surface area (TPSA) is 29.5 Å². The summed E-state index contributed by atoms with van der Waals surface area (Å²) < 4.78 is 5.64. The molecule has 1 aliphatic carbocycles. The molecule has 0 radical (unpaired) electrons. The standard InChI is InChI=1S/C12H20O2/c1-3-14-12-6-4-5-11(9-13)8-7-10(12)2/h7-8,12-13H,3-6,9H2,1-2H3. The number of hydrogen-bond acceptors (Lipinski definition) is 2. The fraction of sp³-hybridized carbons (Fsp3) is 0.667. The molecule has 1 unspecified atom stereocenters. The average molecular weight is 196 g/mol. The predicted molar refractivity (Wildman–Crippen MR) is 58.2 cm³/mol. The Morgan fingerprint density at radius 2 is 2.29 bits per heavy atom. The molecule has 80 valence electrons. The normalized spacial score (nSPS) is 23.5. The van der Waals surface area contributed by atoms with Crippen molar-refractivity contribution in [3.05, 3.63) is 23.3 Å². The van der Waals surface area contributed by atoms with Gasteiger partial charge in [0.15, 0.2) is 0 Å². The number of aliphatic hydroxyl groups excluding tert-OH is 1. The minimum Gasteiger partial charge on any atom is -0.392 e. The Morgan fingerprint density at radius 3 is 2.93 bits per heavy atom. The van der Waals surface area contributed by atoms with Crippen molar-refractivity contribution in [1.82, 2.24) is 0 Å². The lowest BCUT2D eigenvalue weighted by Crippen LogP contribution is -2.15. The van der Waals surface area contributed by atoms with E-state index in [9.17, 15) is 0 Å². The molecular weight excluding hydrogens is 176 g/mol. The van der Waals surface area contributed by atoms with E-state index in [2.05, 4.69) is 13.0 Å². The Hall–Kier alpha value is -0.600. The van der Waals surface area contributed by atoms with Gasteiger partial charge in [-0.2, -0.15) is 0 Å². The summed E-state index contributed by atoms with van der Waals surface area (Å²) in [5.41, 5.74) is 2.39. The van der Waals surface area contributed by atoms with Gasteiger partial charge in [-0.25, -0.2) is 0 Å². The monoisotopic (exact) mass is 196 g/mol. The van der Waals surface area contributed by atoms with Crippen LogP contribution in [0.5, 0.6) is 0 Å². The van der Waals surface area contributed by atoms with E-state index in [4.69, 9.17) is 9.84 Å². The highest BCUT2D eigenvalue weighted by molar-refractivity contribution is 5.21. The lowest BCUT2D eigenvalue weighted by atomic mass is 9.98. The van der Waals surface area contributed by atoms with Gasteiger partial charge in [0.25, 0.3) is 0 Å². The SMILES string of the molecule is CCOC1CCCC(CO)=CC=C1C. The molecule has 0 saturated carbocycles. The molecule has 0 aromatic rings. The predicted octanol–water partition coefficient (Wildman–Crippen LogP) is 2.44. The molecule has 2 heteroatoms. The molecule has 0 saturated heterocycles. The van der Waals surface area contributed by atoms with Crippen LogP contribution in [0.3, 0.4) is 0 Å². The van der Waals surface area contributed by atoms with Crippen molar-refractivity contribution in [3.63, 3.8) is 0 Å². The van der Waals surface area contributed by atoms with Gasteiger partial charge < -0.3 is 9.84 Å². The van der Waals surface area contributed by atoms with Crippen LogP contribution >= 0.6 is 0 Å². The van der Waals surface area contributed by atoms with Gasteiger partial charge in [-0.15, -0.1) is 0 Å². The molecule has 0 heterocycles. The molecule has 0 fully saturated rings. The molecular formula is C12H20O2. The van der Waals surface area contributed by atoms with Crippen molar-refractivity contribution in [2.75, 3.05) is 13.2 Å². The van der Waals surface area contributed by atoms with Gasteiger partial charge in [0.2, 0.25) is 0 Å². The second-order valence-corrected chi connectivity index (χ2v) is 3.73. The van der Waals surface area contributed by atoms with Crippen LogP contribution in [0.15, 0.2) is 23.3 Å². The smallest absolute Gasteiger partial charge is 0.0785 e. The molecule has 0 aromatic carbocycles. The maximum atomic E-state index is 9.03. The molecule has 14 heavy (non-hydrogen) atoms. The van der Waals surface area contributed by atoms with Crippen LogP contribution in [0, 0.1) is 0 Å². The van der Waals surface area contributed by atoms with Crippen LogP contribution in [0.25, 0.3) is 0 Å². The van der Waals surface area contributed by atoms with Gasteiger partial charge in [-0.3, -0.25) is 0 Å². The molecule has 1 atom stereocenters. The molecule has 0 amide bonds. The highest BCUT2D eigenvalue weighted by atomic mass is 16.5. The van der Waals surface area contributed by atoms with Crippen molar-refractivity contribution in [1.29, 1.82) is 0 Å². The van der Waals surface area contributed by atoms with E-state index in [1.807, 2.05) is 13.0 Å². The largest absolute Gasteiger partial charge is 0.392 e. The maximum absolute atomic E-state index is 9.03. The third kappa shape index (κ3) is 3.28. The first-order chi connectivity index (χ1) is 6.77. The number of ether oxygens (including phenoxy) is 1. The summed E-state index contributed by atoms with van der Waals surface area (Å²) in [6, 6.07) is 0. The summed E-state index contributed by atoms with van der Waals surface area (Å²) in [6.07, 6.45) is 7.53. The highest BCUT2D eigenvalue weighted by Gasteiger charge is 2.12. The number of allylic oxidation sites excluding steroid dienone is 2. The summed E-state index contributed by atoms with van der Waals surface area (Å²) in [5.74, 6) is 0. The summed E-state index contributed by atoms with van der Waals surface area (Å²) in [5, 5.41) is 9.03. The van der Waals surface area contributed by atoms with Crippen LogP contribution in [-0.2, 0) is 4.74 Å². The Balaban J connectivity index is 2.67. The van der Waals surface area contributed by atoms with E-state index in [-0.39, 0.29) is 12.7 Å². The number of hydrogen-bond donors (Lipinski definition) is 1. The first-order valence-corrected chi connectivity index (χ1v) is 5.36. The Labute approximate surface area is 86.3 Å². The Kier molecular flexibility index (Phi) is 4.91. The van der Waals surface area contributed by atoms with Crippen LogP contribution in [0.2, 0.25) is 0 Å². The van der Waals surface area contributed by atoms with E-state index in [1.54, 1.807) is 0 Å². The van der Waals surface area contributed by atoms with Crippen LogP contribution < -0.4 is 0 Å². The third-order valence-corrected chi connectivity index (χ3v) is 2.62. The third-order valence-electron chi connectivity index (χ3n) is 2.62. The maximum Gasteiger partial charge on any atom is 0.0785 e. The summed E-state index contributed by atoms with van der Waals surface area (Å²) in [7, 11) is 0. The van der Waals surface area contributed by atoms with Crippen molar-refractivity contribution in [2.24, 2.45) is 0 Å². The fourth-order valence-corrected chi connectivity index (χ4v) is 1.73. The zero-order chi connectivity index (χ0) is 10.4. The van der Waals surface area contributed by atoms with Crippen LogP contribution in [-0.4, -0.2) is 24.4 Å². The van der Waals surface area contributed by atoms with Gasteiger partial charge >= 0.3 is 0 Å². The molecule has 1 aliphatic rings. The second kappa shape index (κ2) is 5.99. The van der Waals surface area contributed by atoms with Gasteiger partial charge in [-0.1, -0.05) is 12.2 Å².